The number of pyridine rings is 1. The number of ether oxygens (including phenoxy) is 1. The number of rotatable bonds is 4. The summed E-state index contributed by atoms with van der Waals surface area (Å²) in [6, 6.07) is 6.31. The summed E-state index contributed by atoms with van der Waals surface area (Å²) in [5, 5.41) is 3.23. The molecule has 0 aromatic carbocycles. The molecular formula is C15H22N4O. The molecule has 2 aromatic rings. The van der Waals surface area contributed by atoms with Crippen molar-refractivity contribution in [3.63, 3.8) is 0 Å². The maximum atomic E-state index is 5.96. The number of hydrogen-bond donors (Lipinski definition) is 1. The predicted molar refractivity (Wildman–Crippen MR) is 78.8 cm³/mol. The van der Waals surface area contributed by atoms with Crippen LogP contribution < -0.4 is 5.32 Å². The molecule has 0 spiro atoms. The van der Waals surface area contributed by atoms with Gasteiger partial charge in [0.25, 0.3) is 0 Å². The van der Waals surface area contributed by atoms with Gasteiger partial charge in [0.2, 0.25) is 0 Å². The van der Waals surface area contributed by atoms with Crippen LogP contribution in [0.4, 0.5) is 0 Å². The fourth-order valence-electron chi connectivity index (χ4n) is 2.99. The summed E-state index contributed by atoms with van der Waals surface area (Å²) >= 11 is 0. The third kappa shape index (κ3) is 2.44. The van der Waals surface area contributed by atoms with E-state index in [-0.39, 0.29) is 12.1 Å². The molecule has 5 heteroatoms. The molecule has 20 heavy (non-hydrogen) atoms. The summed E-state index contributed by atoms with van der Waals surface area (Å²) < 4.78 is 8.04. The van der Waals surface area contributed by atoms with Crippen LogP contribution in [0.3, 0.4) is 0 Å². The van der Waals surface area contributed by atoms with Gasteiger partial charge in [0.15, 0.2) is 0 Å². The van der Waals surface area contributed by atoms with Crippen LogP contribution >= 0.6 is 0 Å². The molecule has 1 aliphatic rings. The quantitative estimate of drug-likeness (QED) is 0.913. The Bertz CT molecular complexity index is 533. The van der Waals surface area contributed by atoms with Gasteiger partial charge >= 0.3 is 0 Å². The lowest BCUT2D eigenvalue weighted by molar-refractivity contribution is -0.0698. The van der Waals surface area contributed by atoms with E-state index in [2.05, 4.69) is 27.7 Å². The Hall–Kier alpha value is -1.43. The molecular weight excluding hydrogens is 252 g/mol. The van der Waals surface area contributed by atoms with Gasteiger partial charge in [-0.05, 0) is 25.7 Å². The molecule has 2 atom stereocenters. The topological polar surface area (TPSA) is 41.8 Å². The number of morpholine rings is 1. The van der Waals surface area contributed by atoms with Gasteiger partial charge in [-0.15, -0.1) is 0 Å². The number of nitrogens with zero attached hydrogens (tertiary/aromatic N) is 3. The number of likely N-dealkylation sites (N-methyl/N-ethyl adjacent to an activating group) is 2. The van der Waals surface area contributed by atoms with Gasteiger partial charge in [-0.1, -0.05) is 13.0 Å². The molecule has 1 N–H and O–H groups in total. The lowest BCUT2D eigenvalue weighted by atomic mass is 10.0. The van der Waals surface area contributed by atoms with E-state index < -0.39 is 0 Å². The van der Waals surface area contributed by atoms with Crippen LogP contribution in [0, 0.1) is 0 Å². The minimum atomic E-state index is 0.151. The summed E-state index contributed by atoms with van der Waals surface area (Å²) in [6.45, 7) is 5.82. The number of fused-ring (bicyclic) bond motifs is 1. The van der Waals surface area contributed by atoms with Crippen LogP contribution in [0.5, 0.6) is 0 Å². The van der Waals surface area contributed by atoms with E-state index in [4.69, 9.17) is 9.72 Å². The van der Waals surface area contributed by atoms with E-state index in [1.807, 2.05) is 31.4 Å². The van der Waals surface area contributed by atoms with Crippen molar-refractivity contribution >= 4 is 5.65 Å². The summed E-state index contributed by atoms with van der Waals surface area (Å²) in [4.78, 5) is 7.23. The summed E-state index contributed by atoms with van der Waals surface area (Å²) in [7, 11) is 1.97. The Balaban J connectivity index is 1.97. The van der Waals surface area contributed by atoms with Crippen molar-refractivity contribution in [3.8, 4) is 0 Å². The van der Waals surface area contributed by atoms with E-state index in [1.165, 1.54) is 0 Å². The lowest BCUT2D eigenvalue weighted by Gasteiger charge is -2.39. The Morgan fingerprint density at radius 1 is 1.45 bits per heavy atom. The van der Waals surface area contributed by atoms with Gasteiger partial charge in [-0.2, -0.15) is 0 Å². The smallest absolute Gasteiger partial charge is 0.137 e. The van der Waals surface area contributed by atoms with E-state index in [9.17, 15) is 0 Å². The van der Waals surface area contributed by atoms with Crippen LogP contribution in [-0.4, -0.2) is 53.7 Å². The van der Waals surface area contributed by atoms with Crippen molar-refractivity contribution in [2.45, 2.75) is 19.1 Å². The van der Waals surface area contributed by atoms with Crippen molar-refractivity contribution in [2.24, 2.45) is 0 Å². The van der Waals surface area contributed by atoms with Gasteiger partial charge in [0, 0.05) is 25.5 Å². The molecule has 1 saturated heterocycles. The predicted octanol–water partition coefficient (Wildman–Crippen LogP) is 1.32. The highest BCUT2D eigenvalue weighted by Crippen LogP contribution is 2.28. The molecule has 3 rings (SSSR count). The molecule has 2 aromatic heterocycles. The van der Waals surface area contributed by atoms with E-state index >= 15 is 0 Å². The Kier molecular flexibility index (Phi) is 4.00. The van der Waals surface area contributed by atoms with E-state index in [1.54, 1.807) is 0 Å². The highest BCUT2D eigenvalue weighted by Gasteiger charge is 2.34. The average molecular weight is 274 g/mol. The van der Waals surface area contributed by atoms with Crippen molar-refractivity contribution in [2.75, 3.05) is 33.3 Å². The van der Waals surface area contributed by atoms with Crippen LogP contribution in [0.1, 0.15) is 18.7 Å². The summed E-state index contributed by atoms with van der Waals surface area (Å²) in [5.74, 6) is 0. The maximum absolute atomic E-state index is 5.96. The first-order valence-corrected chi connectivity index (χ1v) is 7.27. The molecule has 3 heterocycles. The second-order valence-electron chi connectivity index (χ2n) is 5.17. The molecule has 5 nitrogen and oxygen atoms in total. The van der Waals surface area contributed by atoms with Gasteiger partial charge < -0.3 is 14.5 Å². The zero-order valence-electron chi connectivity index (χ0n) is 12.1. The second-order valence-corrected chi connectivity index (χ2v) is 5.17. The highest BCUT2D eigenvalue weighted by atomic mass is 16.5. The molecule has 0 amide bonds. The van der Waals surface area contributed by atoms with Crippen LogP contribution in [0.15, 0.2) is 30.6 Å². The Morgan fingerprint density at radius 3 is 3.10 bits per heavy atom. The third-order valence-electron chi connectivity index (χ3n) is 3.95. The van der Waals surface area contributed by atoms with Crippen molar-refractivity contribution < 1.29 is 4.74 Å². The molecule has 0 saturated carbocycles. The zero-order valence-corrected chi connectivity index (χ0v) is 12.1. The molecule has 0 radical (unpaired) electrons. The first-order valence-electron chi connectivity index (χ1n) is 7.27. The van der Waals surface area contributed by atoms with Crippen LogP contribution in [0.2, 0.25) is 0 Å². The fraction of sp³-hybridized carbons (Fsp3) is 0.533. The average Bonchev–Trinajstić information content (AvgIpc) is 2.90. The highest BCUT2D eigenvalue weighted by molar-refractivity contribution is 5.40. The van der Waals surface area contributed by atoms with E-state index in [0.29, 0.717) is 0 Å². The number of aromatic nitrogens is 2. The normalized spacial score (nSPS) is 24.3. The van der Waals surface area contributed by atoms with Gasteiger partial charge in [0.1, 0.15) is 5.65 Å². The number of hydrogen-bond acceptors (Lipinski definition) is 4. The lowest BCUT2D eigenvalue weighted by Crippen LogP contribution is -2.48. The molecule has 108 valence electrons. The van der Waals surface area contributed by atoms with E-state index in [0.717, 1.165) is 37.6 Å². The molecule has 1 aliphatic heterocycles. The standard InChI is InChI=1S/C15H22N4O/c1-3-18-8-9-20-13(10-16-2)15(18)12-11-19-7-5-4-6-14(19)17-12/h4-7,11,13,15-16H,3,8-10H2,1-2H3. The fourth-order valence-corrected chi connectivity index (χ4v) is 2.99. The Morgan fingerprint density at radius 2 is 2.35 bits per heavy atom. The summed E-state index contributed by atoms with van der Waals surface area (Å²) in [5.41, 5.74) is 2.09. The third-order valence-corrected chi connectivity index (χ3v) is 3.95. The first kappa shape index (κ1) is 13.5. The molecule has 2 unspecified atom stereocenters. The summed E-state index contributed by atoms with van der Waals surface area (Å²) in [6.07, 6.45) is 4.32. The first-order chi connectivity index (χ1) is 9.83. The number of imidazole rings is 1. The largest absolute Gasteiger partial charge is 0.374 e. The van der Waals surface area contributed by atoms with Gasteiger partial charge in [-0.3, -0.25) is 4.90 Å². The number of nitrogens with one attached hydrogen (secondary N) is 1. The minimum absolute atomic E-state index is 0.151. The van der Waals surface area contributed by atoms with Crippen molar-refractivity contribution in [1.82, 2.24) is 19.6 Å². The molecule has 0 bridgehead atoms. The minimum Gasteiger partial charge on any atom is -0.374 e. The van der Waals surface area contributed by atoms with Crippen LogP contribution in [-0.2, 0) is 4.74 Å². The van der Waals surface area contributed by atoms with Crippen molar-refractivity contribution in [1.29, 1.82) is 0 Å². The van der Waals surface area contributed by atoms with Gasteiger partial charge in [-0.25, -0.2) is 4.98 Å². The zero-order chi connectivity index (χ0) is 13.9. The molecule has 1 fully saturated rings. The Labute approximate surface area is 119 Å². The van der Waals surface area contributed by atoms with Crippen molar-refractivity contribution in [3.05, 3.63) is 36.3 Å². The van der Waals surface area contributed by atoms with Gasteiger partial charge in [0.05, 0.1) is 24.4 Å². The maximum Gasteiger partial charge on any atom is 0.137 e. The molecule has 0 aliphatic carbocycles. The van der Waals surface area contributed by atoms with Crippen LogP contribution in [0.25, 0.3) is 5.65 Å². The monoisotopic (exact) mass is 274 g/mol. The SMILES string of the molecule is CCN1CCOC(CNC)C1c1cn2ccccc2n1. The second kappa shape index (κ2) is 5.91.